The van der Waals surface area contributed by atoms with Gasteiger partial charge in [0.25, 0.3) is 0 Å². The van der Waals surface area contributed by atoms with Gasteiger partial charge in [-0.15, -0.1) is 0 Å². The lowest BCUT2D eigenvalue weighted by Gasteiger charge is -1.95. The maximum absolute atomic E-state index is 8.57. The second-order valence-corrected chi connectivity index (χ2v) is 2.33. The van der Waals surface area contributed by atoms with Gasteiger partial charge >= 0.3 is 0 Å². The molecule has 0 N–H and O–H groups in total. The quantitative estimate of drug-likeness (QED) is 0.526. The maximum atomic E-state index is 8.57. The zero-order valence-electron chi connectivity index (χ0n) is 6.10. The monoisotopic (exact) mass is 130 g/mol. The third kappa shape index (κ3) is 1.16. The lowest BCUT2D eigenvalue weighted by atomic mass is 10.1. The molecule has 0 aliphatic rings. The molecule has 1 aromatic carbocycles. The standard InChI is InChI=1S/C9H8N/c1-7-3-4-8(2)9(5-7)6-10/h3,5H,1-2H3. The molecule has 0 unspecified atom stereocenters. The lowest BCUT2D eigenvalue weighted by Crippen LogP contribution is -1.82. The number of aryl methyl sites for hydroxylation is 2. The fourth-order valence-electron chi connectivity index (χ4n) is 0.794. The molecule has 0 amide bonds. The summed E-state index contributed by atoms with van der Waals surface area (Å²) in [5.74, 6) is 0. The Morgan fingerprint density at radius 2 is 2.20 bits per heavy atom. The second kappa shape index (κ2) is 2.53. The molecule has 0 bridgehead atoms. The van der Waals surface area contributed by atoms with Crippen LogP contribution in [0, 0.1) is 31.2 Å². The van der Waals surface area contributed by atoms with Crippen LogP contribution in [-0.2, 0) is 0 Å². The Balaban J connectivity index is 3.25. The van der Waals surface area contributed by atoms with Crippen LogP contribution < -0.4 is 0 Å². The van der Waals surface area contributed by atoms with Crippen molar-refractivity contribution < 1.29 is 0 Å². The highest BCUT2D eigenvalue weighted by atomic mass is 14.2. The van der Waals surface area contributed by atoms with Crippen LogP contribution in [0.2, 0.25) is 0 Å². The third-order valence-corrected chi connectivity index (χ3v) is 1.41. The number of hydrogen-bond acceptors (Lipinski definition) is 1. The van der Waals surface area contributed by atoms with E-state index >= 15 is 0 Å². The Hall–Kier alpha value is -1.29. The summed E-state index contributed by atoms with van der Waals surface area (Å²) < 4.78 is 0. The highest BCUT2D eigenvalue weighted by Gasteiger charge is 1.94. The minimum absolute atomic E-state index is 0.722. The van der Waals surface area contributed by atoms with Crippen molar-refractivity contribution in [3.05, 3.63) is 34.9 Å². The molecular formula is C9H8N. The molecule has 1 rings (SSSR count). The molecule has 0 aliphatic heterocycles. The molecule has 0 aromatic heterocycles. The van der Waals surface area contributed by atoms with Gasteiger partial charge in [-0.05, 0) is 37.1 Å². The van der Waals surface area contributed by atoms with E-state index in [0.29, 0.717) is 0 Å². The largest absolute Gasteiger partial charge is 0.192 e. The molecule has 1 radical (unpaired) electrons. The van der Waals surface area contributed by atoms with Crippen molar-refractivity contribution in [2.75, 3.05) is 0 Å². The van der Waals surface area contributed by atoms with Crippen LogP contribution in [0.15, 0.2) is 12.1 Å². The van der Waals surface area contributed by atoms with Crippen LogP contribution in [0.3, 0.4) is 0 Å². The predicted octanol–water partition coefficient (Wildman–Crippen LogP) is 1.98. The summed E-state index contributed by atoms with van der Waals surface area (Å²) in [6.45, 7) is 3.84. The average molecular weight is 130 g/mol. The van der Waals surface area contributed by atoms with Gasteiger partial charge in [0.05, 0.1) is 11.6 Å². The molecule has 0 saturated carbocycles. The molecule has 0 saturated heterocycles. The first-order valence-corrected chi connectivity index (χ1v) is 3.13. The topological polar surface area (TPSA) is 23.8 Å². The van der Waals surface area contributed by atoms with Crippen molar-refractivity contribution >= 4 is 0 Å². The number of rotatable bonds is 0. The summed E-state index contributed by atoms with van der Waals surface area (Å²) in [6.07, 6.45) is 0. The smallest absolute Gasteiger partial charge is 0.0994 e. The number of benzene rings is 1. The molecule has 1 aromatic rings. The van der Waals surface area contributed by atoms with Crippen molar-refractivity contribution in [2.24, 2.45) is 0 Å². The van der Waals surface area contributed by atoms with Crippen LogP contribution in [0.4, 0.5) is 0 Å². The van der Waals surface area contributed by atoms with Crippen molar-refractivity contribution in [3.8, 4) is 6.07 Å². The van der Waals surface area contributed by atoms with Gasteiger partial charge in [0.15, 0.2) is 0 Å². The van der Waals surface area contributed by atoms with Crippen LogP contribution in [0.5, 0.6) is 0 Å². The minimum atomic E-state index is 0.722. The van der Waals surface area contributed by atoms with Gasteiger partial charge in [-0.1, -0.05) is 6.07 Å². The lowest BCUT2D eigenvalue weighted by molar-refractivity contribution is 1.34. The molecule has 1 heteroatoms. The van der Waals surface area contributed by atoms with Crippen LogP contribution in [0.25, 0.3) is 0 Å². The Morgan fingerprint density at radius 3 is 2.70 bits per heavy atom. The van der Waals surface area contributed by atoms with E-state index in [9.17, 15) is 0 Å². The van der Waals surface area contributed by atoms with E-state index in [-0.39, 0.29) is 0 Å². The zero-order chi connectivity index (χ0) is 7.56. The zero-order valence-corrected chi connectivity index (χ0v) is 6.10. The van der Waals surface area contributed by atoms with E-state index in [4.69, 9.17) is 5.26 Å². The van der Waals surface area contributed by atoms with Crippen molar-refractivity contribution in [1.29, 1.82) is 5.26 Å². The molecule has 0 heterocycles. The second-order valence-electron chi connectivity index (χ2n) is 2.33. The first-order chi connectivity index (χ1) is 4.74. The predicted molar refractivity (Wildman–Crippen MR) is 39.5 cm³/mol. The van der Waals surface area contributed by atoms with Crippen molar-refractivity contribution in [1.82, 2.24) is 0 Å². The summed E-state index contributed by atoms with van der Waals surface area (Å²) in [4.78, 5) is 0. The number of nitriles is 1. The van der Waals surface area contributed by atoms with Crippen LogP contribution in [-0.4, -0.2) is 0 Å². The first-order valence-electron chi connectivity index (χ1n) is 3.13. The van der Waals surface area contributed by atoms with E-state index in [1.54, 1.807) is 0 Å². The van der Waals surface area contributed by atoms with E-state index < -0.39 is 0 Å². The molecule has 1 nitrogen and oxygen atoms in total. The van der Waals surface area contributed by atoms with Gasteiger partial charge in [-0.2, -0.15) is 5.26 Å². The summed E-state index contributed by atoms with van der Waals surface area (Å²) >= 11 is 0. The SMILES string of the molecule is Cc1c[c]c(C)c(C#N)c1. The molecule has 10 heavy (non-hydrogen) atoms. The number of nitrogens with zero attached hydrogens (tertiary/aromatic N) is 1. The van der Waals surface area contributed by atoms with E-state index in [1.807, 2.05) is 26.0 Å². The Kier molecular flexibility index (Phi) is 1.73. The Bertz CT molecular complexity index is 281. The fraction of sp³-hybridized carbons (Fsp3) is 0.222. The first kappa shape index (κ1) is 6.82. The van der Waals surface area contributed by atoms with E-state index in [2.05, 4.69) is 12.1 Å². The molecule has 0 fully saturated rings. The highest BCUT2D eigenvalue weighted by molar-refractivity contribution is 5.38. The highest BCUT2D eigenvalue weighted by Crippen LogP contribution is 2.07. The van der Waals surface area contributed by atoms with Crippen LogP contribution >= 0.6 is 0 Å². The van der Waals surface area contributed by atoms with Gasteiger partial charge in [0.1, 0.15) is 0 Å². The summed E-state index contributed by atoms with van der Waals surface area (Å²) in [7, 11) is 0. The molecule has 0 aliphatic carbocycles. The average Bonchev–Trinajstić information content (AvgIpc) is 1.94. The summed E-state index contributed by atoms with van der Waals surface area (Å²) in [5, 5.41) is 8.57. The van der Waals surface area contributed by atoms with E-state index in [0.717, 1.165) is 16.7 Å². The fourth-order valence-corrected chi connectivity index (χ4v) is 0.794. The van der Waals surface area contributed by atoms with Gasteiger partial charge in [-0.3, -0.25) is 0 Å². The number of hydrogen-bond donors (Lipinski definition) is 0. The van der Waals surface area contributed by atoms with Crippen molar-refractivity contribution in [2.45, 2.75) is 13.8 Å². The molecular weight excluding hydrogens is 122 g/mol. The van der Waals surface area contributed by atoms with Gasteiger partial charge in [-0.25, -0.2) is 0 Å². The van der Waals surface area contributed by atoms with Gasteiger partial charge in [0, 0.05) is 0 Å². The summed E-state index contributed by atoms with van der Waals surface area (Å²) in [5.41, 5.74) is 2.73. The Morgan fingerprint density at radius 1 is 1.50 bits per heavy atom. The maximum Gasteiger partial charge on any atom is 0.0994 e. The van der Waals surface area contributed by atoms with Gasteiger partial charge < -0.3 is 0 Å². The van der Waals surface area contributed by atoms with Crippen LogP contribution in [0.1, 0.15) is 16.7 Å². The van der Waals surface area contributed by atoms with E-state index in [1.165, 1.54) is 0 Å². The molecule has 49 valence electrons. The summed E-state index contributed by atoms with van der Waals surface area (Å²) in [6, 6.07) is 8.85. The molecule has 0 atom stereocenters. The normalized spacial score (nSPS) is 8.90. The van der Waals surface area contributed by atoms with Crippen molar-refractivity contribution in [3.63, 3.8) is 0 Å². The molecule has 0 spiro atoms. The Labute approximate surface area is 60.9 Å². The third-order valence-electron chi connectivity index (χ3n) is 1.41. The minimum Gasteiger partial charge on any atom is -0.192 e. The van der Waals surface area contributed by atoms with Gasteiger partial charge in [0.2, 0.25) is 0 Å².